The summed E-state index contributed by atoms with van der Waals surface area (Å²) in [6, 6.07) is 14.5. The van der Waals surface area contributed by atoms with Crippen molar-refractivity contribution in [3.8, 4) is 5.75 Å². The molecule has 0 atom stereocenters. The van der Waals surface area contributed by atoms with Crippen molar-refractivity contribution in [1.29, 1.82) is 0 Å². The lowest BCUT2D eigenvalue weighted by Gasteiger charge is -2.10. The molecular formula is C22H18N2O5. The normalized spacial score (nSPS) is 11.1. The van der Waals surface area contributed by atoms with Gasteiger partial charge in [0.05, 0.1) is 5.39 Å². The van der Waals surface area contributed by atoms with Crippen LogP contribution in [-0.4, -0.2) is 15.7 Å². The summed E-state index contributed by atoms with van der Waals surface area (Å²) in [4.78, 5) is 37.0. The summed E-state index contributed by atoms with van der Waals surface area (Å²) in [6.07, 6.45) is 1.66. The van der Waals surface area contributed by atoms with E-state index in [9.17, 15) is 14.4 Å². The van der Waals surface area contributed by atoms with Crippen LogP contribution in [0.25, 0.3) is 21.7 Å². The maximum absolute atomic E-state index is 12.9. The SMILES string of the molecule is CCCCn1nc(C(=O)Oc2ccc3ccc(=O)oc3c2)c2ccccc2c1=O. The van der Waals surface area contributed by atoms with Gasteiger partial charge in [-0.3, -0.25) is 4.79 Å². The number of esters is 1. The molecule has 0 saturated heterocycles. The summed E-state index contributed by atoms with van der Waals surface area (Å²) < 4.78 is 11.9. The Bertz CT molecular complexity index is 1340. The number of aryl methyl sites for hydroxylation is 1. The highest BCUT2D eigenvalue weighted by Crippen LogP contribution is 2.21. The number of carbonyl (C=O) groups is 1. The van der Waals surface area contributed by atoms with Crippen LogP contribution in [0.5, 0.6) is 5.75 Å². The predicted octanol–water partition coefficient (Wildman–Crippen LogP) is 3.52. The van der Waals surface area contributed by atoms with Gasteiger partial charge in [0.15, 0.2) is 5.69 Å². The average molecular weight is 390 g/mol. The Kier molecular flexibility index (Phi) is 4.95. The number of fused-ring (bicyclic) bond motifs is 2. The maximum atomic E-state index is 12.9. The Balaban J connectivity index is 1.75. The van der Waals surface area contributed by atoms with Crippen LogP contribution >= 0.6 is 0 Å². The average Bonchev–Trinajstić information content (AvgIpc) is 2.73. The highest BCUT2D eigenvalue weighted by molar-refractivity contribution is 6.03. The Labute approximate surface area is 165 Å². The number of hydrogen-bond donors (Lipinski definition) is 0. The Morgan fingerprint density at radius 1 is 1.07 bits per heavy atom. The highest BCUT2D eigenvalue weighted by Gasteiger charge is 2.19. The van der Waals surface area contributed by atoms with Crippen LogP contribution in [0.1, 0.15) is 30.3 Å². The molecule has 7 nitrogen and oxygen atoms in total. The lowest BCUT2D eigenvalue weighted by molar-refractivity contribution is 0.0728. The number of carbonyl (C=O) groups excluding carboxylic acids is 1. The summed E-state index contributed by atoms with van der Waals surface area (Å²) in [5.74, 6) is -0.474. The minimum Gasteiger partial charge on any atom is -0.423 e. The molecule has 0 saturated carbocycles. The zero-order valence-electron chi connectivity index (χ0n) is 15.8. The van der Waals surface area contributed by atoms with E-state index in [1.54, 1.807) is 42.5 Å². The number of nitrogens with zero attached hydrogens (tertiary/aromatic N) is 2. The summed E-state index contributed by atoms with van der Waals surface area (Å²) in [6.45, 7) is 2.43. The van der Waals surface area contributed by atoms with Crippen molar-refractivity contribution in [3.05, 3.63) is 81.1 Å². The van der Waals surface area contributed by atoms with Gasteiger partial charge in [0.1, 0.15) is 11.3 Å². The first-order chi connectivity index (χ1) is 14.1. The molecule has 4 rings (SSSR count). The molecule has 0 bridgehead atoms. The van der Waals surface area contributed by atoms with Crippen LogP contribution in [-0.2, 0) is 6.54 Å². The van der Waals surface area contributed by atoms with Gasteiger partial charge in [-0.2, -0.15) is 5.10 Å². The lowest BCUT2D eigenvalue weighted by atomic mass is 10.1. The van der Waals surface area contributed by atoms with Gasteiger partial charge in [0.2, 0.25) is 0 Å². The van der Waals surface area contributed by atoms with Gasteiger partial charge in [-0.05, 0) is 30.7 Å². The summed E-state index contributed by atoms with van der Waals surface area (Å²) >= 11 is 0. The topological polar surface area (TPSA) is 91.4 Å². The highest BCUT2D eigenvalue weighted by atomic mass is 16.5. The molecule has 0 aliphatic heterocycles. The van der Waals surface area contributed by atoms with E-state index in [2.05, 4.69) is 5.10 Å². The van der Waals surface area contributed by atoms with Gasteiger partial charge in [-0.1, -0.05) is 31.5 Å². The minimum absolute atomic E-state index is 0.0610. The van der Waals surface area contributed by atoms with Crippen molar-refractivity contribution in [3.63, 3.8) is 0 Å². The minimum atomic E-state index is -0.691. The number of aromatic nitrogens is 2. The maximum Gasteiger partial charge on any atom is 0.364 e. The fraction of sp³-hybridized carbons (Fsp3) is 0.182. The second-order valence-electron chi connectivity index (χ2n) is 6.62. The Morgan fingerprint density at radius 2 is 1.83 bits per heavy atom. The largest absolute Gasteiger partial charge is 0.423 e. The van der Waals surface area contributed by atoms with Gasteiger partial charge in [-0.15, -0.1) is 0 Å². The Hall–Kier alpha value is -3.74. The summed E-state index contributed by atoms with van der Waals surface area (Å²) in [5, 5.41) is 5.82. The van der Waals surface area contributed by atoms with Crippen LogP contribution in [0.3, 0.4) is 0 Å². The first-order valence-electron chi connectivity index (χ1n) is 9.33. The number of benzene rings is 2. The summed E-state index contributed by atoms with van der Waals surface area (Å²) in [5.41, 5.74) is -0.353. The fourth-order valence-corrected chi connectivity index (χ4v) is 3.11. The van der Waals surface area contributed by atoms with Crippen LogP contribution in [0.15, 0.2) is 68.6 Å². The molecule has 2 aromatic carbocycles. The van der Waals surface area contributed by atoms with Gasteiger partial charge < -0.3 is 9.15 Å². The fourth-order valence-electron chi connectivity index (χ4n) is 3.11. The first kappa shape index (κ1) is 18.6. The first-order valence-corrected chi connectivity index (χ1v) is 9.33. The third-order valence-corrected chi connectivity index (χ3v) is 4.59. The molecule has 146 valence electrons. The molecule has 0 amide bonds. The second-order valence-corrected chi connectivity index (χ2v) is 6.62. The molecule has 7 heteroatoms. The number of ether oxygens (including phenoxy) is 1. The van der Waals surface area contributed by atoms with Crippen molar-refractivity contribution in [1.82, 2.24) is 9.78 Å². The van der Waals surface area contributed by atoms with E-state index in [0.29, 0.717) is 28.3 Å². The monoisotopic (exact) mass is 390 g/mol. The third kappa shape index (κ3) is 3.67. The third-order valence-electron chi connectivity index (χ3n) is 4.59. The van der Waals surface area contributed by atoms with E-state index in [1.165, 1.54) is 16.8 Å². The van der Waals surface area contributed by atoms with Gasteiger partial charge >= 0.3 is 11.6 Å². The smallest absolute Gasteiger partial charge is 0.364 e. The van der Waals surface area contributed by atoms with Gasteiger partial charge in [-0.25, -0.2) is 14.3 Å². The zero-order valence-corrected chi connectivity index (χ0v) is 15.8. The van der Waals surface area contributed by atoms with E-state index in [0.717, 1.165) is 12.8 Å². The Morgan fingerprint density at radius 3 is 2.62 bits per heavy atom. The second kappa shape index (κ2) is 7.71. The van der Waals surface area contributed by atoms with Gasteiger partial charge in [0, 0.05) is 29.4 Å². The number of rotatable bonds is 5. The molecule has 0 aliphatic rings. The van der Waals surface area contributed by atoms with Crippen LogP contribution in [0.2, 0.25) is 0 Å². The van der Waals surface area contributed by atoms with Crippen LogP contribution < -0.4 is 15.9 Å². The molecule has 0 unspecified atom stereocenters. The van der Waals surface area contributed by atoms with Crippen molar-refractivity contribution in [2.24, 2.45) is 0 Å². The molecular weight excluding hydrogens is 372 g/mol. The van der Waals surface area contributed by atoms with E-state index >= 15 is 0 Å². The van der Waals surface area contributed by atoms with E-state index < -0.39 is 11.6 Å². The van der Waals surface area contributed by atoms with Crippen LogP contribution in [0, 0.1) is 0 Å². The van der Waals surface area contributed by atoms with E-state index in [1.807, 2.05) is 6.92 Å². The molecule has 0 radical (unpaired) electrons. The molecule has 0 spiro atoms. The van der Waals surface area contributed by atoms with Crippen LogP contribution in [0.4, 0.5) is 0 Å². The van der Waals surface area contributed by atoms with Gasteiger partial charge in [0.25, 0.3) is 5.56 Å². The standard InChI is InChI=1S/C22H18N2O5/c1-2-3-12-24-21(26)17-7-5-4-6-16(17)20(23-24)22(27)28-15-10-8-14-9-11-19(25)29-18(14)13-15/h4-11,13H,2-3,12H2,1H3. The molecule has 0 fully saturated rings. The molecule has 2 aromatic heterocycles. The summed E-state index contributed by atoms with van der Waals surface area (Å²) in [7, 11) is 0. The quantitative estimate of drug-likeness (QED) is 0.294. The predicted molar refractivity (Wildman–Crippen MR) is 108 cm³/mol. The van der Waals surface area contributed by atoms with Crippen molar-refractivity contribution >= 4 is 27.7 Å². The van der Waals surface area contributed by atoms with Crippen molar-refractivity contribution < 1.29 is 13.9 Å². The van der Waals surface area contributed by atoms with Crippen molar-refractivity contribution in [2.45, 2.75) is 26.3 Å². The molecule has 0 N–H and O–H groups in total. The molecule has 2 heterocycles. The number of hydrogen-bond acceptors (Lipinski definition) is 6. The van der Waals surface area contributed by atoms with E-state index in [-0.39, 0.29) is 17.0 Å². The molecule has 4 aromatic rings. The van der Waals surface area contributed by atoms with E-state index in [4.69, 9.17) is 9.15 Å². The molecule has 29 heavy (non-hydrogen) atoms. The molecule has 0 aliphatic carbocycles. The number of unbranched alkanes of at least 4 members (excludes halogenated alkanes) is 1. The zero-order chi connectivity index (χ0) is 20.4. The lowest BCUT2D eigenvalue weighted by Crippen LogP contribution is -2.27. The van der Waals surface area contributed by atoms with Crippen molar-refractivity contribution in [2.75, 3.05) is 0 Å².